The average molecular weight is 418 g/mol. The van der Waals surface area contributed by atoms with Crippen LogP contribution in [0.4, 0.5) is 4.39 Å². The molecule has 0 saturated carbocycles. The summed E-state index contributed by atoms with van der Waals surface area (Å²) in [6.45, 7) is 0.733. The van der Waals surface area contributed by atoms with Crippen LogP contribution in [0.1, 0.15) is 16.7 Å². The van der Waals surface area contributed by atoms with E-state index in [1.54, 1.807) is 29.5 Å². The number of ether oxygens (including phenoxy) is 1. The van der Waals surface area contributed by atoms with Gasteiger partial charge in [0.15, 0.2) is 0 Å². The first-order valence-corrected chi connectivity index (χ1v) is 10.3. The molecule has 0 unspecified atom stereocenters. The van der Waals surface area contributed by atoms with Crippen molar-refractivity contribution in [1.82, 2.24) is 9.78 Å². The van der Waals surface area contributed by atoms with Gasteiger partial charge in [0.25, 0.3) is 0 Å². The molecule has 0 atom stereocenters. The number of rotatable bonds is 7. The van der Waals surface area contributed by atoms with Gasteiger partial charge in [-0.1, -0.05) is 48.5 Å². The summed E-state index contributed by atoms with van der Waals surface area (Å²) in [5.41, 5.74) is 3.54. The highest BCUT2D eigenvalue weighted by atomic mass is 32.1. The number of carbonyl (C=O) groups is 1. The molecule has 0 radical (unpaired) electrons. The molecule has 0 aliphatic heterocycles. The molecule has 4 aromatic rings. The third-order valence-corrected chi connectivity index (χ3v) is 5.30. The summed E-state index contributed by atoms with van der Waals surface area (Å²) in [4.78, 5) is 13.2. The van der Waals surface area contributed by atoms with Crippen molar-refractivity contribution in [3.63, 3.8) is 0 Å². The molecular weight excluding hydrogens is 399 g/mol. The van der Waals surface area contributed by atoms with E-state index in [9.17, 15) is 9.18 Å². The zero-order chi connectivity index (χ0) is 20.8. The third kappa shape index (κ3) is 5.10. The third-order valence-electron chi connectivity index (χ3n) is 4.43. The summed E-state index contributed by atoms with van der Waals surface area (Å²) in [5.74, 6) is -0.786. The SMILES string of the molecule is O=C(/C=C/c1cn(Cc2ccccc2)nc1-c1cccs1)OCc1ccc(F)cc1. The van der Waals surface area contributed by atoms with E-state index in [-0.39, 0.29) is 12.4 Å². The van der Waals surface area contributed by atoms with Crippen LogP contribution in [-0.4, -0.2) is 15.7 Å². The van der Waals surface area contributed by atoms with Gasteiger partial charge in [0, 0.05) is 17.8 Å². The number of carbonyl (C=O) groups excluding carboxylic acids is 1. The van der Waals surface area contributed by atoms with E-state index in [4.69, 9.17) is 9.84 Å². The van der Waals surface area contributed by atoms with Gasteiger partial charge in [-0.2, -0.15) is 5.10 Å². The second-order valence-electron chi connectivity index (χ2n) is 6.66. The highest BCUT2D eigenvalue weighted by Crippen LogP contribution is 2.27. The lowest BCUT2D eigenvalue weighted by atomic mass is 10.2. The van der Waals surface area contributed by atoms with Crippen molar-refractivity contribution < 1.29 is 13.9 Å². The van der Waals surface area contributed by atoms with E-state index in [1.807, 2.05) is 46.6 Å². The van der Waals surface area contributed by atoms with Crippen LogP contribution in [0.3, 0.4) is 0 Å². The first-order valence-electron chi connectivity index (χ1n) is 9.42. The van der Waals surface area contributed by atoms with Crippen LogP contribution in [0.2, 0.25) is 0 Å². The van der Waals surface area contributed by atoms with Crippen LogP contribution in [0.5, 0.6) is 0 Å². The van der Waals surface area contributed by atoms with Crippen LogP contribution in [0, 0.1) is 5.82 Å². The Morgan fingerprint density at radius 2 is 1.83 bits per heavy atom. The minimum atomic E-state index is -0.465. The van der Waals surface area contributed by atoms with Gasteiger partial charge in [0.05, 0.1) is 11.4 Å². The van der Waals surface area contributed by atoms with Crippen molar-refractivity contribution in [2.75, 3.05) is 0 Å². The first kappa shape index (κ1) is 19.8. The molecule has 2 heterocycles. The van der Waals surface area contributed by atoms with Crippen molar-refractivity contribution in [2.45, 2.75) is 13.2 Å². The summed E-state index contributed by atoms with van der Waals surface area (Å²) in [6, 6.07) is 19.9. The van der Waals surface area contributed by atoms with Gasteiger partial charge in [0.1, 0.15) is 18.1 Å². The van der Waals surface area contributed by atoms with Gasteiger partial charge < -0.3 is 4.74 Å². The summed E-state index contributed by atoms with van der Waals surface area (Å²) in [6.07, 6.45) is 5.03. The van der Waals surface area contributed by atoms with Crippen molar-refractivity contribution in [3.8, 4) is 10.6 Å². The Morgan fingerprint density at radius 3 is 2.57 bits per heavy atom. The van der Waals surface area contributed by atoms with Crippen LogP contribution >= 0.6 is 11.3 Å². The zero-order valence-corrected chi connectivity index (χ0v) is 16.9. The molecule has 0 aliphatic carbocycles. The van der Waals surface area contributed by atoms with Gasteiger partial charge in [-0.3, -0.25) is 4.68 Å². The van der Waals surface area contributed by atoms with Crippen molar-refractivity contribution >= 4 is 23.4 Å². The minimum absolute atomic E-state index is 0.0918. The Balaban J connectivity index is 1.48. The summed E-state index contributed by atoms with van der Waals surface area (Å²) < 4.78 is 20.1. The van der Waals surface area contributed by atoms with Gasteiger partial charge >= 0.3 is 5.97 Å². The Morgan fingerprint density at radius 1 is 1.03 bits per heavy atom. The Kier molecular flexibility index (Phi) is 6.15. The normalized spacial score (nSPS) is 11.1. The molecule has 0 bridgehead atoms. The van der Waals surface area contributed by atoms with Gasteiger partial charge in [-0.25, -0.2) is 9.18 Å². The maximum atomic E-state index is 13.0. The molecule has 0 spiro atoms. The fourth-order valence-electron chi connectivity index (χ4n) is 2.96. The van der Waals surface area contributed by atoms with Crippen molar-refractivity contribution in [3.05, 3.63) is 107 Å². The zero-order valence-electron chi connectivity index (χ0n) is 16.1. The molecule has 150 valence electrons. The van der Waals surface area contributed by atoms with Crippen molar-refractivity contribution in [1.29, 1.82) is 0 Å². The Labute approximate surface area is 177 Å². The number of hydrogen-bond donors (Lipinski definition) is 0. The Hall–Kier alpha value is -3.51. The van der Waals surface area contributed by atoms with Gasteiger partial charge in [-0.15, -0.1) is 11.3 Å². The van der Waals surface area contributed by atoms with E-state index in [2.05, 4.69) is 12.1 Å². The first-order chi connectivity index (χ1) is 14.7. The fourth-order valence-corrected chi connectivity index (χ4v) is 3.69. The lowest BCUT2D eigenvalue weighted by molar-refractivity contribution is -0.138. The summed E-state index contributed by atoms with van der Waals surface area (Å²) >= 11 is 1.60. The quantitative estimate of drug-likeness (QED) is 0.292. The predicted octanol–water partition coefficient (Wildman–Crippen LogP) is 5.56. The van der Waals surface area contributed by atoms with E-state index in [0.29, 0.717) is 6.54 Å². The largest absolute Gasteiger partial charge is 0.458 e. The van der Waals surface area contributed by atoms with Crippen LogP contribution in [0.25, 0.3) is 16.6 Å². The molecule has 4 rings (SSSR count). The van der Waals surface area contributed by atoms with Gasteiger partial charge in [-0.05, 0) is 40.8 Å². The molecule has 2 aromatic heterocycles. The van der Waals surface area contributed by atoms with E-state index in [1.165, 1.54) is 18.2 Å². The lowest BCUT2D eigenvalue weighted by Gasteiger charge is -2.02. The molecule has 6 heteroatoms. The number of nitrogens with zero attached hydrogens (tertiary/aromatic N) is 2. The molecule has 0 amide bonds. The van der Waals surface area contributed by atoms with Crippen LogP contribution < -0.4 is 0 Å². The predicted molar refractivity (Wildman–Crippen MR) is 116 cm³/mol. The number of aromatic nitrogens is 2. The molecular formula is C24H19FN2O2S. The van der Waals surface area contributed by atoms with Gasteiger partial charge in [0.2, 0.25) is 0 Å². The topological polar surface area (TPSA) is 44.1 Å². The second-order valence-corrected chi connectivity index (χ2v) is 7.61. The van der Waals surface area contributed by atoms with E-state index < -0.39 is 5.97 Å². The van der Waals surface area contributed by atoms with Crippen molar-refractivity contribution in [2.24, 2.45) is 0 Å². The minimum Gasteiger partial charge on any atom is -0.458 e. The summed E-state index contributed by atoms with van der Waals surface area (Å²) in [7, 11) is 0. The molecule has 0 fully saturated rings. The number of esters is 1. The monoisotopic (exact) mass is 418 g/mol. The average Bonchev–Trinajstić information content (AvgIpc) is 3.42. The standard InChI is InChI=1S/C24H19FN2O2S/c25-21-11-8-19(9-12-21)17-29-23(28)13-10-20-16-27(15-18-5-2-1-3-6-18)26-24(20)22-7-4-14-30-22/h1-14,16H,15,17H2/b13-10+. The highest BCUT2D eigenvalue weighted by Gasteiger charge is 2.11. The highest BCUT2D eigenvalue weighted by molar-refractivity contribution is 7.13. The maximum Gasteiger partial charge on any atom is 0.331 e. The molecule has 0 saturated heterocycles. The fraction of sp³-hybridized carbons (Fsp3) is 0.0833. The molecule has 4 nitrogen and oxygen atoms in total. The van der Waals surface area contributed by atoms with Crippen LogP contribution in [0.15, 0.2) is 84.4 Å². The molecule has 0 N–H and O–H groups in total. The van der Waals surface area contributed by atoms with E-state index >= 15 is 0 Å². The lowest BCUT2D eigenvalue weighted by Crippen LogP contribution is -2.00. The maximum absolute atomic E-state index is 13.0. The molecule has 0 aliphatic rings. The Bertz CT molecular complexity index is 1130. The number of halogens is 1. The number of hydrogen-bond acceptors (Lipinski definition) is 4. The second kappa shape index (κ2) is 9.33. The smallest absolute Gasteiger partial charge is 0.331 e. The molecule has 2 aromatic carbocycles. The van der Waals surface area contributed by atoms with Crippen LogP contribution in [-0.2, 0) is 22.7 Å². The molecule has 30 heavy (non-hydrogen) atoms. The number of benzene rings is 2. The number of thiophene rings is 1. The summed E-state index contributed by atoms with van der Waals surface area (Å²) in [5, 5.41) is 6.71. The van der Waals surface area contributed by atoms with E-state index in [0.717, 1.165) is 27.3 Å².